The van der Waals surface area contributed by atoms with Crippen LogP contribution in [0.15, 0.2) is 53.9 Å². The number of ether oxygens (including phenoxy) is 1. The summed E-state index contributed by atoms with van der Waals surface area (Å²) in [6.45, 7) is 1.11. The molecule has 1 aliphatic heterocycles. The predicted molar refractivity (Wildman–Crippen MR) is 102 cm³/mol. The van der Waals surface area contributed by atoms with Crippen LogP contribution in [-0.2, 0) is 4.79 Å². The molecule has 1 aliphatic rings. The molecular formula is C20H22N4O3. The van der Waals surface area contributed by atoms with Gasteiger partial charge in [-0.3, -0.25) is 14.6 Å². The van der Waals surface area contributed by atoms with Gasteiger partial charge in [-0.25, -0.2) is 5.43 Å². The first-order valence-electron chi connectivity index (χ1n) is 8.83. The van der Waals surface area contributed by atoms with E-state index >= 15 is 0 Å². The number of methoxy groups -OCH3 is 1. The number of hydrazone groups is 1. The van der Waals surface area contributed by atoms with Crippen molar-refractivity contribution >= 4 is 18.0 Å². The van der Waals surface area contributed by atoms with Gasteiger partial charge in [-0.05, 0) is 54.8 Å². The normalized spacial score (nSPS) is 14.9. The monoisotopic (exact) mass is 366 g/mol. The van der Waals surface area contributed by atoms with Crippen LogP contribution in [-0.4, -0.2) is 48.1 Å². The molecule has 140 valence electrons. The van der Waals surface area contributed by atoms with E-state index < -0.39 is 0 Å². The van der Waals surface area contributed by atoms with E-state index in [1.54, 1.807) is 67.0 Å². The Bertz CT molecular complexity index is 798. The smallest absolute Gasteiger partial charge is 0.253 e. The second-order valence-electron chi connectivity index (χ2n) is 6.31. The van der Waals surface area contributed by atoms with E-state index in [9.17, 15) is 9.59 Å². The minimum atomic E-state index is -0.139. The number of amides is 2. The second kappa shape index (κ2) is 8.93. The molecule has 7 heteroatoms. The van der Waals surface area contributed by atoms with Crippen molar-refractivity contribution in [2.75, 3.05) is 20.2 Å². The van der Waals surface area contributed by atoms with Gasteiger partial charge in [-0.1, -0.05) is 0 Å². The molecule has 3 rings (SSSR count). The van der Waals surface area contributed by atoms with Crippen molar-refractivity contribution in [1.82, 2.24) is 15.3 Å². The number of rotatable bonds is 5. The third-order valence-corrected chi connectivity index (χ3v) is 4.58. The highest BCUT2D eigenvalue weighted by atomic mass is 16.5. The summed E-state index contributed by atoms with van der Waals surface area (Å²) >= 11 is 0. The van der Waals surface area contributed by atoms with Crippen LogP contribution in [0.25, 0.3) is 0 Å². The molecule has 1 N–H and O–H groups in total. The summed E-state index contributed by atoms with van der Waals surface area (Å²) < 4.78 is 5.11. The number of piperidine rings is 1. The number of nitrogens with one attached hydrogen (secondary N) is 1. The highest BCUT2D eigenvalue weighted by molar-refractivity contribution is 5.94. The highest BCUT2D eigenvalue weighted by Gasteiger charge is 2.27. The molecule has 0 bridgehead atoms. The summed E-state index contributed by atoms with van der Waals surface area (Å²) in [5.74, 6) is 0.442. The molecule has 7 nitrogen and oxygen atoms in total. The van der Waals surface area contributed by atoms with Gasteiger partial charge in [-0.2, -0.15) is 5.10 Å². The van der Waals surface area contributed by atoms with Crippen molar-refractivity contribution in [3.05, 3.63) is 59.9 Å². The summed E-state index contributed by atoms with van der Waals surface area (Å²) in [4.78, 5) is 30.5. The van der Waals surface area contributed by atoms with Gasteiger partial charge in [0.15, 0.2) is 0 Å². The molecule has 1 saturated heterocycles. The topological polar surface area (TPSA) is 83.9 Å². The van der Waals surface area contributed by atoms with E-state index in [1.807, 2.05) is 0 Å². The number of hydrogen-bond donors (Lipinski definition) is 1. The van der Waals surface area contributed by atoms with E-state index in [2.05, 4.69) is 15.5 Å². The van der Waals surface area contributed by atoms with Crippen molar-refractivity contribution < 1.29 is 14.3 Å². The Kier molecular flexibility index (Phi) is 6.14. The number of carbonyl (C=O) groups excluding carboxylic acids is 2. The zero-order chi connectivity index (χ0) is 19.1. The Labute approximate surface area is 158 Å². The third-order valence-electron chi connectivity index (χ3n) is 4.58. The average Bonchev–Trinajstić information content (AvgIpc) is 2.74. The Morgan fingerprint density at radius 2 is 1.81 bits per heavy atom. The summed E-state index contributed by atoms with van der Waals surface area (Å²) in [5.41, 5.74) is 4.07. The summed E-state index contributed by atoms with van der Waals surface area (Å²) in [6, 6.07) is 10.7. The number of nitrogens with zero attached hydrogens (tertiary/aromatic N) is 3. The minimum absolute atomic E-state index is 0.0211. The maximum absolute atomic E-state index is 12.6. The molecule has 1 aromatic heterocycles. The number of benzene rings is 1. The fraction of sp³-hybridized carbons (Fsp3) is 0.300. The molecule has 0 unspecified atom stereocenters. The van der Waals surface area contributed by atoms with Crippen LogP contribution in [0.1, 0.15) is 28.8 Å². The van der Waals surface area contributed by atoms with E-state index in [0.29, 0.717) is 37.2 Å². The van der Waals surface area contributed by atoms with Gasteiger partial charge in [-0.15, -0.1) is 0 Å². The number of aromatic nitrogens is 1. The van der Waals surface area contributed by atoms with Crippen molar-refractivity contribution in [2.24, 2.45) is 11.0 Å². The van der Waals surface area contributed by atoms with Crippen LogP contribution < -0.4 is 10.2 Å². The highest BCUT2D eigenvalue weighted by Crippen LogP contribution is 2.20. The van der Waals surface area contributed by atoms with Gasteiger partial charge >= 0.3 is 0 Å². The van der Waals surface area contributed by atoms with Gasteiger partial charge in [0.2, 0.25) is 5.91 Å². The quantitative estimate of drug-likeness (QED) is 0.649. The van der Waals surface area contributed by atoms with Gasteiger partial charge in [0.25, 0.3) is 5.91 Å². The van der Waals surface area contributed by atoms with E-state index in [-0.39, 0.29) is 17.7 Å². The van der Waals surface area contributed by atoms with Crippen molar-refractivity contribution in [2.45, 2.75) is 12.8 Å². The lowest BCUT2D eigenvalue weighted by atomic mass is 9.95. The molecule has 1 aromatic carbocycles. The Morgan fingerprint density at radius 1 is 1.15 bits per heavy atom. The predicted octanol–water partition coefficient (Wildman–Crippen LogP) is 2.09. The molecule has 27 heavy (non-hydrogen) atoms. The summed E-state index contributed by atoms with van der Waals surface area (Å²) in [5, 5.41) is 3.99. The molecule has 0 spiro atoms. The lowest BCUT2D eigenvalue weighted by molar-refractivity contribution is -0.126. The zero-order valence-electron chi connectivity index (χ0n) is 15.2. The lowest BCUT2D eigenvalue weighted by Crippen LogP contribution is -2.42. The molecule has 0 atom stereocenters. The second-order valence-corrected chi connectivity index (χ2v) is 6.31. The van der Waals surface area contributed by atoms with Crippen LogP contribution in [0, 0.1) is 5.92 Å². The SMILES string of the molecule is COc1ccc(C(=O)N2CCC(C(=O)N/N=C\c3ccncc3)CC2)cc1. The minimum Gasteiger partial charge on any atom is -0.497 e. The molecule has 1 fully saturated rings. The molecule has 0 aliphatic carbocycles. The van der Waals surface area contributed by atoms with Crippen LogP contribution in [0.2, 0.25) is 0 Å². The molecule has 0 saturated carbocycles. The molecule has 2 heterocycles. The standard InChI is InChI=1S/C20H22N4O3/c1-27-18-4-2-17(3-5-18)20(26)24-12-8-16(9-13-24)19(25)23-22-14-15-6-10-21-11-7-15/h2-7,10-11,14,16H,8-9,12-13H2,1H3,(H,23,25)/b22-14-. The number of hydrogen-bond acceptors (Lipinski definition) is 5. The Hall–Kier alpha value is -3.22. The zero-order valence-corrected chi connectivity index (χ0v) is 15.2. The van der Waals surface area contributed by atoms with Gasteiger partial charge in [0.05, 0.1) is 13.3 Å². The Morgan fingerprint density at radius 3 is 2.44 bits per heavy atom. The van der Waals surface area contributed by atoms with Crippen LogP contribution in [0.4, 0.5) is 0 Å². The molecular weight excluding hydrogens is 344 g/mol. The van der Waals surface area contributed by atoms with Crippen molar-refractivity contribution in [3.63, 3.8) is 0 Å². The van der Waals surface area contributed by atoms with Crippen LogP contribution in [0.5, 0.6) is 5.75 Å². The molecule has 2 amide bonds. The largest absolute Gasteiger partial charge is 0.497 e. The van der Waals surface area contributed by atoms with Crippen LogP contribution in [0.3, 0.4) is 0 Å². The molecule has 2 aromatic rings. The average molecular weight is 366 g/mol. The lowest BCUT2D eigenvalue weighted by Gasteiger charge is -2.31. The maximum atomic E-state index is 12.6. The number of pyridine rings is 1. The van der Waals surface area contributed by atoms with E-state index in [1.165, 1.54) is 0 Å². The van der Waals surface area contributed by atoms with Gasteiger partial charge in [0.1, 0.15) is 5.75 Å². The summed E-state index contributed by atoms with van der Waals surface area (Å²) in [7, 11) is 1.59. The fourth-order valence-electron chi connectivity index (χ4n) is 2.97. The van der Waals surface area contributed by atoms with E-state index in [4.69, 9.17) is 4.74 Å². The maximum Gasteiger partial charge on any atom is 0.253 e. The molecule has 0 radical (unpaired) electrons. The summed E-state index contributed by atoms with van der Waals surface area (Å²) in [6.07, 6.45) is 6.16. The number of carbonyl (C=O) groups is 2. The third kappa shape index (κ3) is 4.91. The van der Waals surface area contributed by atoms with Crippen molar-refractivity contribution in [3.8, 4) is 5.75 Å². The first-order chi connectivity index (χ1) is 13.2. The fourth-order valence-corrected chi connectivity index (χ4v) is 2.97. The van der Waals surface area contributed by atoms with E-state index in [0.717, 1.165) is 5.56 Å². The van der Waals surface area contributed by atoms with Gasteiger partial charge < -0.3 is 9.64 Å². The number of likely N-dealkylation sites (tertiary alicyclic amines) is 1. The van der Waals surface area contributed by atoms with Crippen LogP contribution >= 0.6 is 0 Å². The van der Waals surface area contributed by atoms with Gasteiger partial charge in [0, 0.05) is 37.0 Å². The first-order valence-corrected chi connectivity index (χ1v) is 8.83. The Balaban J connectivity index is 1.48. The first kappa shape index (κ1) is 18.6. The van der Waals surface area contributed by atoms with Crippen molar-refractivity contribution in [1.29, 1.82) is 0 Å².